The average Bonchev–Trinajstić information content (AvgIpc) is 2.85. The maximum atomic E-state index is 11.6. The summed E-state index contributed by atoms with van der Waals surface area (Å²) < 4.78 is 10.1. The van der Waals surface area contributed by atoms with Crippen molar-refractivity contribution in [2.24, 2.45) is 0 Å². The first-order valence-electron chi connectivity index (χ1n) is 5.21. The van der Waals surface area contributed by atoms with Crippen molar-refractivity contribution in [3.05, 3.63) is 24.2 Å². The van der Waals surface area contributed by atoms with Crippen LogP contribution in [0.3, 0.4) is 0 Å². The van der Waals surface area contributed by atoms with Crippen molar-refractivity contribution in [1.82, 2.24) is 5.32 Å². The normalized spacial score (nSPS) is 24.2. The number of rotatable bonds is 3. The molecule has 0 aliphatic carbocycles. The monoisotopic (exact) mass is 223 g/mol. The summed E-state index contributed by atoms with van der Waals surface area (Å²) in [6.45, 7) is 2.03. The fraction of sp³-hybridized carbons (Fsp3) is 0.455. The fourth-order valence-corrected chi connectivity index (χ4v) is 1.87. The molecule has 1 amide bonds. The van der Waals surface area contributed by atoms with E-state index >= 15 is 0 Å². The van der Waals surface area contributed by atoms with Gasteiger partial charge in [-0.15, -0.1) is 0 Å². The van der Waals surface area contributed by atoms with Crippen LogP contribution in [0.25, 0.3) is 0 Å². The molecule has 2 unspecified atom stereocenters. The van der Waals surface area contributed by atoms with E-state index in [0.29, 0.717) is 12.4 Å². The standard InChI is InChI=1S/C11H13NO4/c1-2-15-11(14)10-7(6-9(13)12-10)8-4-3-5-16-8/h3-5,7,10H,2,6H2,1H3,(H,12,13). The molecule has 0 aromatic carbocycles. The van der Waals surface area contributed by atoms with Crippen LogP contribution in [0.2, 0.25) is 0 Å². The molecule has 2 heterocycles. The van der Waals surface area contributed by atoms with Gasteiger partial charge in [-0.2, -0.15) is 0 Å². The minimum atomic E-state index is -0.626. The van der Waals surface area contributed by atoms with Crippen LogP contribution >= 0.6 is 0 Å². The Morgan fingerprint density at radius 1 is 1.69 bits per heavy atom. The Kier molecular flexibility index (Phi) is 2.94. The second-order valence-electron chi connectivity index (χ2n) is 3.62. The highest BCUT2D eigenvalue weighted by Gasteiger charge is 2.40. The molecule has 2 rings (SSSR count). The molecule has 0 bridgehead atoms. The SMILES string of the molecule is CCOC(=O)C1NC(=O)CC1c1ccco1. The van der Waals surface area contributed by atoms with Gasteiger partial charge in [-0.05, 0) is 19.1 Å². The number of hydrogen-bond acceptors (Lipinski definition) is 4. The summed E-state index contributed by atoms with van der Waals surface area (Å²) in [5.74, 6) is -0.188. The highest BCUT2D eigenvalue weighted by Crippen LogP contribution is 2.29. The summed E-state index contributed by atoms with van der Waals surface area (Å²) in [5, 5.41) is 2.60. The van der Waals surface area contributed by atoms with Crippen LogP contribution in [-0.2, 0) is 14.3 Å². The lowest BCUT2D eigenvalue weighted by Gasteiger charge is -2.14. The van der Waals surface area contributed by atoms with Crippen molar-refractivity contribution in [2.75, 3.05) is 6.61 Å². The predicted molar refractivity (Wildman–Crippen MR) is 54.6 cm³/mol. The van der Waals surface area contributed by atoms with Gasteiger partial charge >= 0.3 is 5.97 Å². The van der Waals surface area contributed by atoms with Crippen molar-refractivity contribution >= 4 is 11.9 Å². The Bertz CT molecular complexity index is 385. The summed E-state index contributed by atoms with van der Waals surface area (Å²) in [4.78, 5) is 22.9. The van der Waals surface area contributed by atoms with Crippen molar-refractivity contribution in [3.63, 3.8) is 0 Å². The minimum absolute atomic E-state index is 0.153. The Balaban J connectivity index is 2.16. The number of amides is 1. The van der Waals surface area contributed by atoms with Crippen LogP contribution in [0.15, 0.2) is 22.8 Å². The Labute approximate surface area is 92.8 Å². The van der Waals surface area contributed by atoms with Gasteiger partial charge in [-0.3, -0.25) is 4.79 Å². The van der Waals surface area contributed by atoms with Gasteiger partial charge in [0.25, 0.3) is 0 Å². The zero-order valence-corrected chi connectivity index (χ0v) is 8.93. The lowest BCUT2D eigenvalue weighted by molar-refractivity contribution is -0.146. The molecule has 1 N–H and O–H groups in total. The van der Waals surface area contributed by atoms with E-state index in [2.05, 4.69) is 5.32 Å². The van der Waals surface area contributed by atoms with Gasteiger partial charge < -0.3 is 14.5 Å². The van der Waals surface area contributed by atoms with E-state index in [1.807, 2.05) is 0 Å². The molecule has 5 nitrogen and oxygen atoms in total. The van der Waals surface area contributed by atoms with Crippen LogP contribution in [0.1, 0.15) is 25.0 Å². The highest BCUT2D eigenvalue weighted by atomic mass is 16.5. The molecule has 0 saturated carbocycles. The molecule has 0 spiro atoms. The first kappa shape index (κ1) is 10.7. The van der Waals surface area contributed by atoms with Gasteiger partial charge in [0.1, 0.15) is 11.8 Å². The van der Waals surface area contributed by atoms with Gasteiger partial charge in [-0.25, -0.2) is 4.79 Å². The van der Waals surface area contributed by atoms with Crippen LogP contribution in [0, 0.1) is 0 Å². The van der Waals surface area contributed by atoms with Gasteiger partial charge in [0.2, 0.25) is 5.91 Å². The lowest BCUT2D eigenvalue weighted by atomic mass is 9.98. The number of nitrogens with one attached hydrogen (secondary N) is 1. The van der Waals surface area contributed by atoms with E-state index in [9.17, 15) is 9.59 Å². The zero-order valence-electron chi connectivity index (χ0n) is 8.93. The van der Waals surface area contributed by atoms with Crippen molar-refractivity contribution in [3.8, 4) is 0 Å². The zero-order chi connectivity index (χ0) is 11.5. The Morgan fingerprint density at radius 2 is 2.50 bits per heavy atom. The van der Waals surface area contributed by atoms with Crippen molar-refractivity contribution in [1.29, 1.82) is 0 Å². The third-order valence-corrected chi connectivity index (χ3v) is 2.57. The molecule has 1 aromatic rings. The third-order valence-electron chi connectivity index (χ3n) is 2.57. The van der Waals surface area contributed by atoms with E-state index < -0.39 is 12.0 Å². The predicted octanol–water partition coefficient (Wildman–Crippen LogP) is 0.815. The Hall–Kier alpha value is -1.78. The number of esters is 1. The summed E-state index contributed by atoms with van der Waals surface area (Å²) in [6.07, 6.45) is 1.79. The van der Waals surface area contributed by atoms with E-state index in [4.69, 9.17) is 9.15 Å². The maximum absolute atomic E-state index is 11.6. The lowest BCUT2D eigenvalue weighted by Crippen LogP contribution is -2.37. The molecule has 0 radical (unpaired) electrons. The summed E-state index contributed by atoms with van der Waals surface area (Å²) in [6, 6.07) is 2.87. The number of carbonyl (C=O) groups is 2. The number of hydrogen-bond donors (Lipinski definition) is 1. The molecule has 1 saturated heterocycles. The second-order valence-corrected chi connectivity index (χ2v) is 3.62. The molecule has 86 valence electrons. The average molecular weight is 223 g/mol. The number of carbonyl (C=O) groups excluding carboxylic acids is 2. The molecular formula is C11H13NO4. The van der Waals surface area contributed by atoms with E-state index in [-0.39, 0.29) is 18.2 Å². The van der Waals surface area contributed by atoms with Crippen LogP contribution in [-0.4, -0.2) is 24.5 Å². The molecule has 16 heavy (non-hydrogen) atoms. The smallest absolute Gasteiger partial charge is 0.329 e. The molecular weight excluding hydrogens is 210 g/mol. The van der Waals surface area contributed by atoms with Gasteiger partial charge in [0.15, 0.2) is 0 Å². The van der Waals surface area contributed by atoms with Gasteiger partial charge in [-0.1, -0.05) is 0 Å². The molecule has 1 aromatic heterocycles. The Morgan fingerprint density at radius 3 is 3.12 bits per heavy atom. The quantitative estimate of drug-likeness (QED) is 0.770. The number of ether oxygens (including phenoxy) is 1. The minimum Gasteiger partial charge on any atom is -0.469 e. The van der Waals surface area contributed by atoms with Gasteiger partial charge in [0, 0.05) is 6.42 Å². The van der Waals surface area contributed by atoms with Crippen molar-refractivity contribution < 1.29 is 18.7 Å². The van der Waals surface area contributed by atoms with Crippen LogP contribution in [0.4, 0.5) is 0 Å². The summed E-state index contributed by atoms with van der Waals surface area (Å²) in [7, 11) is 0. The van der Waals surface area contributed by atoms with E-state index in [0.717, 1.165) is 0 Å². The van der Waals surface area contributed by atoms with Crippen LogP contribution in [0.5, 0.6) is 0 Å². The van der Waals surface area contributed by atoms with Crippen molar-refractivity contribution in [2.45, 2.75) is 25.3 Å². The molecule has 1 fully saturated rings. The topological polar surface area (TPSA) is 68.5 Å². The maximum Gasteiger partial charge on any atom is 0.329 e. The van der Waals surface area contributed by atoms with E-state index in [1.165, 1.54) is 6.26 Å². The van der Waals surface area contributed by atoms with Crippen LogP contribution < -0.4 is 5.32 Å². The summed E-state index contributed by atoms with van der Waals surface area (Å²) >= 11 is 0. The first-order chi connectivity index (χ1) is 7.72. The highest BCUT2D eigenvalue weighted by molar-refractivity contribution is 5.90. The van der Waals surface area contributed by atoms with Gasteiger partial charge in [0.05, 0.1) is 18.8 Å². The second kappa shape index (κ2) is 4.38. The largest absolute Gasteiger partial charge is 0.469 e. The van der Waals surface area contributed by atoms with E-state index in [1.54, 1.807) is 19.1 Å². The third kappa shape index (κ3) is 1.93. The molecule has 1 aliphatic rings. The molecule has 2 atom stereocenters. The molecule has 1 aliphatic heterocycles. The number of furan rings is 1. The first-order valence-corrected chi connectivity index (χ1v) is 5.21. The fourth-order valence-electron chi connectivity index (χ4n) is 1.87. The summed E-state index contributed by atoms with van der Waals surface area (Å²) in [5.41, 5.74) is 0. The molecule has 5 heteroatoms.